The number of fused-ring (bicyclic) bond motifs is 1. The summed E-state index contributed by atoms with van der Waals surface area (Å²) in [5.74, 6) is 0.860. The van der Waals surface area contributed by atoms with Crippen LogP contribution in [0.5, 0.6) is 11.5 Å². The van der Waals surface area contributed by atoms with E-state index in [9.17, 15) is 4.79 Å². The number of carbonyl (C=O) groups excluding carboxylic acids is 1. The Balaban J connectivity index is 1.28. The van der Waals surface area contributed by atoms with Crippen LogP contribution in [0.4, 0.5) is 0 Å². The van der Waals surface area contributed by atoms with E-state index in [-0.39, 0.29) is 12.5 Å². The third-order valence-electron chi connectivity index (χ3n) is 5.91. The fourth-order valence-electron chi connectivity index (χ4n) is 4.05. The number of methoxy groups -OCH3 is 1. The SMILES string of the molecule is COc1ccccc1C=NNC(=O)COc1ccc(-c2cc(-c3ccccc3)c3cc(Cl)ccc3n2)cc1. The van der Waals surface area contributed by atoms with Crippen LogP contribution in [0.25, 0.3) is 33.3 Å². The number of para-hydroxylation sites is 1. The van der Waals surface area contributed by atoms with Crippen LogP contribution in [0.2, 0.25) is 5.02 Å². The van der Waals surface area contributed by atoms with Crippen molar-refractivity contribution in [1.29, 1.82) is 0 Å². The van der Waals surface area contributed by atoms with Crippen molar-refractivity contribution in [3.8, 4) is 33.9 Å². The smallest absolute Gasteiger partial charge is 0.277 e. The zero-order valence-corrected chi connectivity index (χ0v) is 21.4. The Bertz CT molecular complexity index is 1600. The maximum atomic E-state index is 12.2. The molecule has 0 bridgehead atoms. The number of rotatable bonds is 8. The lowest BCUT2D eigenvalue weighted by molar-refractivity contribution is -0.123. The molecule has 0 saturated carbocycles. The Morgan fingerprint density at radius 3 is 2.47 bits per heavy atom. The molecule has 0 unspecified atom stereocenters. The van der Waals surface area contributed by atoms with Gasteiger partial charge in [-0.2, -0.15) is 5.10 Å². The van der Waals surface area contributed by atoms with Crippen LogP contribution in [0.3, 0.4) is 0 Å². The number of hydrogen-bond acceptors (Lipinski definition) is 5. The second-order valence-electron chi connectivity index (χ2n) is 8.43. The molecule has 0 aliphatic heterocycles. The first-order valence-corrected chi connectivity index (χ1v) is 12.3. The Labute approximate surface area is 225 Å². The summed E-state index contributed by atoms with van der Waals surface area (Å²) in [6.07, 6.45) is 1.53. The summed E-state index contributed by atoms with van der Waals surface area (Å²) >= 11 is 6.29. The maximum absolute atomic E-state index is 12.2. The van der Waals surface area contributed by atoms with Gasteiger partial charge in [0, 0.05) is 21.5 Å². The molecule has 38 heavy (non-hydrogen) atoms. The summed E-state index contributed by atoms with van der Waals surface area (Å²) in [5, 5.41) is 5.64. The number of hydrazone groups is 1. The maximum Gasteiger partial charge on any atom is 0.277 e. The molecule has 0 atom stereocenters. The van der Waals surface area contributed by atoms with Crippen molar-refractivity contribution in [2.75, 3.05) is 13.7 Å². The number of pyridine rings is 1. The second kappa shape index (κ2) is 11.6. The number of benzene rings is 4. The van der Waals surface area contributed by atoms with Gasteiger partial charge in [-0.05, 0) is 71.8 Å². The zero-order chi connectivity index (χ0) is 26.3. The lowest BCUT2D eigenvalue weighted by Crippen LogP contribution is -2.24. The summed E-state index contributed by atoms with van der Waals surface area (Å²) < 4.78 is 10.9. The molecule has 7 heteroatoms. The van der Waals surface area contributed by atoms with Gasteiger partial charge in [0.05, 0.1) is 24.5 Å². The predicted molar refractivity (Wildman–Crippen MR) is 152 cm³/mol. The molecule has 0 aliphatic rings. The molecule has 0 aliphatic carbocycles. The minimum absolute atomic E-state index is 0.171. The fraction of sp³-hybridized carbons (Fsp3) is 0.0645. The van der Waals surface area contributed by atoms with Crippen molar-refractivity contribution in [2.45, 2.75) is 0 Å². The van der Waals surface area contributed by atoms with Gasteiger partial charge in [0.1, 0.15) is 11.5 Å². The van der Waals surface area contributed by atoms with E-state index < -0.39 is 0 Å². The molecule has 5 rings (SSSR count). The molecular formula is C31H24ClN3O3. The van der Waals surface area contributed by atoms with Crippen LogP contribution in [-0.4, -0.2) is 30.8 Å². The monoisotopic (exact) mass is 521 g/mol. The third kappa shape index (κ3) is 5.82. The standard InChI is InChI=1S/C31H24ClN3O3/c1-37-30-10-6-5-9-23(30)19-33-35-31(36)20-38-25-14-11-22(12-15-25)29-18-26(21-7-3-2-4-8-21)27-17-24(32)13-16-28(27)34-29/h2-19H,20H2,1H3,(H,35,36). The van der Waals surface area contributed by atoms with E-state index in [1.807, 2.05) is 84.9 Å². The van der Waals surface area contributed by atoms with Gasteiger partial charge < -0.3 is 9.47 Å². The molecule has 6 nitrogen and oxygen atoms in total. The number of amides is 1. The molecule has 0 saturated heterocycles. The van der Waals surface area contributed by atoms with E-state index in [1.54, 1.807) is 7.11 Å². The van der Waals surface area contributed by atoms with E-state index in [0.717, 1.165) is 38.9 Å². The van der Waals surface area contributed by atoms with Gasteiger partial charge in [0.2, 0.25) is 0 Å². The molecular weight excluding hydrogens is 498 g/mol. The Hall–Kier alpha value is -4.68. The Morgan fingerprint density at radius 2 is 1.68 bits per heavy atom. The molecule has 1 aromatic heterocycles. The molecule has 0 radical (unpaired) electrons. The lowest BCUT2D eigenvalue weighted by atomic mass is 9.98. The highest BCUT2D eigenvalue weighted by molar-refractivity contribution is 6.31. The summed E-state index contributed by atoms with van der Waals surface area (Å²) in [5.41, 5.74) is 7.97. The minimum Gasteiger partial charge on any atom is -0.496 e. The van der Waals surface area contributed by atoms with Gasteiger partial charge in [0.15, 0.2) is 6.61 Å². The number of nitrogens with one attached hydrogen (secondary N) is 1. The number of carbonyl (C=O) groups is 1. The van der Waals surface area contributed by atoms with Gasteiger partial charge in [-0.15, -0.1) is 0 Å². The van der Waals surface area contributed by atoms with Crippen molar-refractivity contribution < 1.29 is 14.3 Å². The predicted octanol–water partition coefficient (Wildman–Crippen LogP) is 6.76. The average Bonchev–Trinajstić information content (AvgIpc) is 2.96. The van der Waals surface area contributed by atoms with Crippen molar-refractivity contribution in [3.63, 3.8) is 0 Å². The third-order valence-corrected chi connectivity index (χ3v) is 6.14. The van der Waals surface area contributed by atoms with E-state index in [0.29, 0.717) is 16.5 Å². The highest BCUT2D eigenvalue weighted by Gasteiger charge is 2.11. The summed E-state index contributed by atoms with van der Waals surface area (Å²) in [7, 11) is 1.58. The minimum atomic E-state index is -0.373. The average molecular weight is 522 g/mol. The van der Waals surface area contributed by atoms with E-state index in [2.05, 4.69) is 28.7 Å². The molecule has 188 valence electrons. The van der Waals surface area contributed by atoms with Crippen molar-refractivity contribution in [3.05, 3.63) is 114 Å². The van der Waals surface area contributed by atoms with E-state index in [1.165, 1.54) is 6.21 Å². The van der Waals surface area contributed by atoms with Gasteiger partial charge in [0.25, 0.3) is 5.91 Å². The van der Waals surface area contributed by atoms with E-state index >= 15 is 0 Å². The van der Waals surface area contributed by atoms with Crippen molar-refractivity contribution in [1.82, 2.24) is 10.4 Å². The van der Waals surface area contributed by atoms with Crippen LogP contribution in [0, 0.1) is 0 Å². The van der Waals surface area contributed by atoms with Crippen LogP contribution < -0.4 is 14.9 Å². The molecule has 0 spiro atoms. The number of aromatic nitrogens is 1. The molecule has 4 aromatic carbocycles. The van der Waals surface area contributed by atoms with E-state index in [4.69, 9.17) is 26.1 Å². The Morgan fingerprint density at radius 1 is 0.921 bits per heavy atom. The topological polar surface area (TPSA) is 72.8 Å². The molecule has 5 aromatic rings. The first-order chi connectivity index (χ1) is 18.6. The summed E-state index contributed by atoms with van der Waals surface area (Å²) in [4.78, 5) is 17.0. The Kier molecular flexibility index (Phi) is 7.62. The highest BCUT2D eigenvalue weighted by Crippen LogP contribution is 2.33. The quantitative estimate of drug-likeness (QED) is 0.181. The first kappa shape index (κ1) is 25.0. The normalized spacial score (nSPS) is 11.0. The summed E-state index contributed by atoms with van der Waals surface area (Å²) in [6.45, 7) is -0.171. The highest BCUT2D eigenvalue weighted by atomic mass is 35.5. The van der Waals surface area contributed by atoms with Gasteiger partial charge >= 0.3 is 0 Å². The van der Waals surface area contributed by atoms with Crippen LogP contribution in [0.1, 0.15) is 5.56 Å². The summed E-state index contributed by atoms with van der Waals surface area (Å²) in [6, 6.07) is 32.8. The number of nitrogens with zero attached hydrogens (tertiary/aromatic N) is 2. The largest absolute Gasteiger partial charge is 0.496 e. The number of hydrogen-bond donors (Lipinski definition) is 1. The van der Waals surface area contributed by atoms with Gasteiger partial charge in [-0.3, -0.25) is 4.79 Å². The lowest BCUT2D eigenvalue weighted by Gasteiger charge is -2.11. The van der Waals surface area contributed by atoms with Crippen LogP contribution in [-0.2, 0) is 4.79 Å². The van der Waals surface area contributed by atoms with Crippen molar-refractivity contribution >= 4 is 34.6 Å². The molecule has 0 fully saturated rings. The molecule has 1 heterocycles. The van der Waals surface area contributed by atoms with Gasteiger partial charge in [-0.1, -0.05) is 54.1 Å². The van der Waals surface area contributed by atoms with Gasteiger partial charge in [-0.25, -0.2) is 10.4 Å². The molecule has 1 amide bonds. The zero-order valence-electron chi connectivity index (χ0n) is 20.6. The number of ether oxygens (including phenoxy) is 2. The van der Waals surface area contributed by atoms with Crippen LogP contribution in [0.15, 0.2) is 108 Å². The fourth-order valence-corrected chi connectivity index (χ4v) is 4.22. The van der Waals surface area contributed by atoms with Crippen LogP contribution >= 0.6 is 11.6 Å². The number of halogens is 1. The molecule has 1 N–H and O–H groups in total. The first-order valence-electron chi connectivity index (χ1n) is 11.9. The van der Waals surface area contributed by atoms with Crippen molar-refractivity contribution in [2.24, 2.45) is 5.10 Å². The second-order valence-corrected chi connectivity index (χ2v) is 8.87.